The van der Waals surface area contributed by atoms with Crippen LogP contribution in [0.4, 0.5) is 13.2 Å². The monoisotopic (exact) mass is 312 g/mol. The average Bonchev–Trinajstić information content (AvgIpc) is 2.24. The number of alkyl halides is 3. The van der Waals surface area contributed by atoms with Crippen LogP contribution in [0.15, 0.2) is 22.9 Å². The van der Waals surface area contributed by atoms with Gasteiger partial charge < -0.3 is 10.4 Å². The summed E-state index contributed by atoms with van der Waals surface area (Å²) in [5, 5.41) is 10.7. The lowest BCUT2D eigenvalue weighted by molar-refractivity contribution is -0.201. The molecule has 0 aliphatic carbocycles. The molecule has 0 bridgehead atoms. The average molecular weight is 313 g/mol. The van der Waals surface area contributed by atoms with Gasteiger partial charge >= 0.3 is 6.18 Å². The lowest BCUT2D eigenvalue weighted by Gasteiger charge is -2.15. The molecule has 1 aromatic heterocycles. The van der Waals surface area contributed by atoms with E-state index in [0.717, 1.165) is 0 Å². The molecule has 1 atom stereocenters. The normalized spacial score (nSPS) is 13.2. The molecular formula is C9H8BrF3N2O2. The van der Waals surface area contributed by atoms with Gasteiger partial charge in [0.15, 0.2) is 6.10 Å². The molecule has 1 heterocycles. The van der Waals surface area contributed by atoms with Crippen molar-refractivity contribution in [2.75, 3.05) is 6.54 Å². The van der Waals surface area contributed by atoms with Crippen LogP contribution >= 0.6 is 15.9 Å². The molecule has 0 radical (unpaired) electrons. The minimum atomic E-state index is -4.75. The van der Waals surface area contributed by atoms with Gasteiger partial charge in [-0.25, -0.2) is 4.98 Å². The molecule has 4 nitrogen and oxygen atoms in total. The quantitative estimate of drug-likeness (QED) is 0.831. The Labute approximate surface area is 103 Å². The molecule has 1 aromatic rings. The van der Waals surface area contributed by atoms with E-state index in [-0.39, 0.29) is 10.2 Å². The first kappa shape index (κ1) is 13.9. The van der Waals surface area contributed by atoms with Crippen molar-refractivity contribution < 1.29 is 23.1 Å². The van der Waals surface area contributed by atoms with Gasteiger partial charge in [0, 0.05) is 6.20 Å². The first-order chi connectivity index (χ1) is 7.82. The van der Waals surface area contributed by atoms with Gasteiger partial charge in [-0.3, -0.25) is 4.79 Å². The summed E-state index contributed by atoms with van der Waals surface area (Å²) in [4.78, 5) is 15.2. The molecule has 0 saturated carbocycles. The standard InChI is InChI=1S/C9H8BrF3N2O2/c10-7-5(2-1-3-14-7)8(17)15-4-6(16)9(11,12)13/h1-3,6,16H,4H2,(H,15,17). The number of aromatic nitrogens is 1. The number of pyridine rings is 1. The van der Waals surface area contributed by atoms with Crippen molar-refractivity contribution in [1.29, 1.82) is 0 Å². The van der Waals surface area contributed by atoms with Gasteiger partial charge in [-0.2, -0.15) is 13.2 Å². The number of nitrogens with zero attached hydrogens (tertiary/aromatic N) is 1. The number of hydrogen-bond acceptors (Lipinski definition) is 3. The van der Waals surface area contributed by atoms with Crippen molar-refractivity contribution in [2.45, 2.75) is 12.3 Å². The summed E-state index contributed by atoms with van der Waals surface area (Å²) in [6.45, 7) is -0.899. The molecule has 0 aliphatic rings. The van der Waals surface area contributed by atoms with Gasteiger partial charge in [-0.05, 0) is 28.1 Å². The van der Waals surface area contributed by atoms with Crippen molar-refractivity contribution in [2.24, 2.45) is 0 Å². The Morgan fingerprint density at radius 3 is 2.76 bits per heavy atom. The van der Waals surface area contributed by atoms with E-state index in [1.165, 1.54) is 18.3 Å². The fourth-order valence-electron chi connectivity index (χ4n) is 0.956. The highest BCUT2D eigenvalue weighted by molar-refractivity contribution is 9.10. The molecule has 0 saturated heterocycles. The molecule has 1 amide bonds. The molecule has 8 heteroatoms. The topological polar surface area (TPSA) is 62.2 Å². The second kappa shape index (κ2) is 5.46. The van der Waals surface area contributed by atoms with Gasteiger partial charge in [0.1, 0.15) is 4.60 Å². The van der Waals surface area contributed by atoms with Crippen molar-refractivity contribution >= 4 is 21.8 Å². The Bertz CT molecular complexity index is 411. The SMILES string of the molecule is O=C(NCC(O)C(F)(F)F)c1cccnc1Br. The first-order valence-corrected chi connectivity index (χ1v) is 5.25. The third-order valence-corrected chi connectivity index (χ3v) is 2.47. The molecular weight excluding hydrogens is 305 g/mol. The second-order valence-corrected chi connectivity index (χ2v) is 3.86. The lowest BCUT2D eigenvalue weighted by atomic mass is 10.2. The van der Waals surface area contributed by atoms with Crippen molar-refractivity contribution in [1.82, 2.24) is 10.3 Å². The predicted molar refractivity (Wildman–Crippen MR) is 56.3 cm³/mol. The highest BCUT2D eigenvalue weighted by Gasteiger charge is 2.38. The zero-order valence-corrected chi connectivity index (χ0v) is 9.92. The number of amides is 1. The number of carbonyl (C=O) groups is 1. The fourth-order valence-corrected chi connectivity index (χ4v) is 1.39. The van der Waals surface area contributed by atoms with E-state index >= 15 is 0 Å². The van der Waals surface area contributed by atoms with Crippen molar-refractivity contribution in [3.05, 3.63) is 28.5 Å². The Morgan fingerprint density at radius 1 is 1.59 bits per heavy atom. The number of halogens is 4. The van der Waals surface area contributed by atoms with E-state index < -0.39 is 24.7 Å². The third kappa shape index (κ3) is 3.97. The van der Waals surface area contributed by atoms with Gasteiger partial charge in [-0.15, -0.1) is 0 Å². The molecule has 2 N–H and O–H groups in total. The second-order valence-electron chi connectivity index (χ2n) is 3.11. The summed E-state index contributed by atoms with van der Waals surface area (Å²) in [5.41, 5.74) is 0.0990. The summed E-state index contributed by atoms with van der Waals surface area (Å²) < 4.78 is 36.1. The Morgan fingerprint density at radius 2 is 2.24 bits per heavy atom. The fraction of sp³-hybridized carbons (Fsp3) is 0.333. The number of carbonyl (C=O) groups excluding carboxylic acids is 1. The predicted octanol–water partition coefficient (Wildman–Crippen LogP) is 1.50. The van der Waals surface area contributed by atoms with E-state index in [4.69, 9.17) is 5.11 Å². The van der Waals surface area contributed by atoms with Crippen LogP contribution in [0.1, 0.15) is 10.4 Å². The van der Waals surface area contributed by atoms with Crippen LogP contribution in [-0.4, -0.2) is 34.8 Å². The van der Waals surface area contributed by atoms with Crippen LogP contribution in [-0.2, 0) is 0 Å². The maximum Gasteiger partial charge on any atom is 0.416 e. The van der Waals surface area contributed by atoms with Crippen LogP contribution in [0, 0.1) is 0 Å². The van der Waals surface area contributed by atoms with Gasteiger partial charge in [0.05, 0.1) is 12.1 Å². The number of aliphatic hydroxyl groups is 1. The van der Waals surface area contributed by atoms with Crippen molar-refractivity contribution in [3.63, 3.8) is 0 Å². The van der Waals surface area contributed by atoms with Crippen LogP contribution in [0.5, 0.6) is 0 Å². The molecule has 0 fully saturated rings. The summed E-state index contributed by atoms with van der Waals surface area (Å²) in [5.74, 6) is -0.742. The third-order valence-electron chi connectivity index (χ3n) is 1.84. The number of aliphatic hydroxyl groups excluding tert-OH is 1. The molecule has 1 rings (SSSR count). The maximum absolute atomic E-state index is 12.0. The first-order valence-electron chi connectivity index (χ1n) is 4.46. The maximum atomic E-state index is 12.0. The Hall–Kier alpha value is -1.15. The van der Waals surface area contributed by atoms with Gasteiger partial charge in [-0.1, -0.05) is 0 Å². The number of rotatable bonds is 3. The molecule has 0 aromatic carbocycles. The minimum Gasteiger partial charge on any atom is -0.382 e. The van der Waals surface area contributed by atoms with E-state index in [2.05, 4.69) is 20.9 Å². The highest BCUT2D eigenvalue weighted by Crippen LogP contribution is 2.19. The zero-order chi connectivity index (χ0) is 13.1. The van der Waals surface area contributed by atoms with Crippen LogP contribution in [0.2, 0.25) is 0 Å². The highest BCUT2D eigenvalue weighted by atomic mass is 79.9. The van der Waals surface area contributed by atoms with Crippen LogP contribution in [0.25, 0.3) is 0 Å². The molecule has 0 aliphatic heterocycles. The van der Waals surface area contributed by atoms with Crippen molar-refractivity contribution in [3.8, 4) is 0 Å². The molecule has 1 unspecified atom stereocenters. The lowest BCUT2D eigenvalue weighted by Crippen LogP contribution is -2.40. The summed E-state index contributed by atoms with van der Waals surface area (Å²) in [7, 11) is 0. The molecule has 0 spiro atoms. The number of nitrogens with one attached hydrogen (secondary N) is 1. The summed E-state index contributed by atoms with van der Waals surface area (Å²) in [6.07, 6.45) is -5.91. The minimum absolute atomic E-state index is 0.0990. The Kier molecular flexibility index (Phi) is 4.47. The van der Waals surface area contributed by atoms with Gasteiger partial charge in [0.25, 0.3) is 5.91 Å². The summed E-state index contributed by atoms with van der Waals surface area (Å²) >= 11 is 2.99. The van der Waals surface area contributed by atoms with E-state index in [9.17, 15) is 18.0 Å². The van der Waals surface area contributed by atoms with E-state index in [0.29, 0.717) is 0 Å². The smallest absolute Gasteiger partial charge is 0.382 e. The van der Waals surface area contributed by atoms with Gasteiger partial charge in [0.2, 0.25) is 0 Å². The Balaban J connectivity index is 2.60. The zero-order valence-electron chi connectivity index (χ0n) is 8.33. The molecule has 17 heavy (non-hydrogen) atoms. The largest absolute Gasteiger partial charge is 0.416 e. The van der Waals surface area contributed by atoms with E-state index in [1.807, 2.05) is 5.32 Å². The summed E-state index contributed by atoms with van der Waals surface area (Å²) in [6, 6.07) is 2.87. The number of hydrogen-bond donors (Lipinski definition) is 2. The molecule has 94 valence electrons. The van der Waals surface area contributed by atoms with Crippen LogP contribution < -0.4 is 5.32 Å². The van der Waals surface area contributed by atoms with Crippen LogP contribution in [0.3, 0.4) is 0 Å². The van der Waals surface area contributed by atoms with E-state index in [1.54, 1.807) is 0 Å².